The summed E-state index contributed by atoms with van der Waals surface area (Å²) in [6, 6.07) is 7.61. The van der Waals surface area contributed by atoms with Crippen molar-refractivity contribution in [3.8, 4) is 0 Å². The second kappa shape index (κ2) is 11.5. The molecular weight excluding hydrogens is 544 g/mol. The molecule has 3 N–H and O–H groups in total. The van der Waals surface area contributed by atoms with Gasteiger partial charge in [-0.3, -0.25) is 9.35 Å². The van der Waals surface area contributed by atoms with Crippen molar-refractivity contribution >= 4 is 16.0 Å². The molecule has 3 aromatic rings. The maximum atomic E-state index is 13.7. The Hall–Kier alpha value is -3.50. The number of halogens is 6. The van der Waals surface area contributed by atoms with Crippen LogP contribution in [-0.4, -0.2) is 51.1 Å². The first-order valence-corrected chi connectivity index (χ1v) is 12.3. The van der Waals surface area contributed by atoms with Crippen LogP contribution in [0.25, 0.3) is 0 Å². The Bertz CT molecular complexity index is 1400. The summed E-state index contributed by atoms with van der Waals surface area (Å²) in [5.41, 5.74) is 5.64. The van der Waals surface area contributed by atoms with E-state index in [1.54, 1.807) is 18.2 Å². The topological polar surface area (TPSA) is 131 Å². The van der Waals surface area contributed by atoms with Gasteiger partial charge in [-0.1, -0.05) is 18.2 Å². The lowest BCUT2D eigenvalue weighted by Crippen LogP contribution is -2.42. The fourth-order valence-corrected chi connectivity index (χ4v) is 4.10. The van der Waals surface area contributed by atoms with Gasteiger partial charge in [-0.05, 0) is 30.2 Å². The van der Waals surface area contributed by atoms with Gasteiger partial charge in [-0.15, -0.1) is 10.2 Å². The lowest BCUT2D eigenvalue weighted by molar-refractivity contribution is -0.148. The van der Waals surface area contributed by atoms with E-state index in [0.717, 1.165) is 4.57 Å². The third kappa shape index (κ3) is 7.29. The number of hydrogen-bond acceptors (Lipinski definition) is 6. The summed E-state index contributed by atoms with van der Waals surface area (Å²) in [6.45, 7) is -0.302. The van der Waals surface area contributed by atoms with Crippen molar-refractivity contribution in [2.75, 3.05) is 6.54 Å². The van der Waals surface area contributed by atoms with Crippen LogP contribution in [0.3, 0.4) is 0 Å². The number of nitrogens with two attached hydrogens (primary N) is 1. The van der Waals surface area contributed by atoms with Gasteiger partial charge in [0.15, 0.2) is 17.5 Å². The third-order valence-corrected chi connectivity index (χ3v) is 6.28. The summed E-state index contributed by atoms with van der Waals surface area (Å²) in [6.07, 6.45) is -5.11. The van der Waals surface area contributed by atoms with Crippen LogP contribution in [0.2, 0.25) is 0 Å². The number of amides is 1. The summed E-state index contributed by atoms with van der Waals surface area (Å²) in [5, 5.41) is 6.60. The number of carbonyl (C=O) groups is 1. The van der Waals surface area contributed by atoms with Gasteiger partial charge < -0.3 is 15.2 Å². The van der Waals surface area contributed by atoms with E-state index in [-0.39, 0.29) is 48.8 Å². The fourth-order valence-electron chi connectivity index (χ4n) is 3.60. The summed E-state index contributed by atoms with van der Waals surface area (Å²) in [4.78, 5) is 13.6. The predicted molar refractivity (Wildman–Crippen MR) is 119 cm³/mol. The molecule has 206 valence electrons. The molecule has 16 heteroatoms. The standard InChI is InChI=1S/C16H15F6N5O.C6H6O3S/c17-10-6-12(19)11(18)4-8(10)3-9(23)5-14(28)26-1-2-27-13(7-26)24-25-15(27)16(20,21)22;7-10(8,9)6-4-2-1-3-5-6/h4,6,9H,1-3,5,7,23H2;1-5H,(H,7,8,9)/t9-;/m1./s1. The molecule has 1 atom stereocenters. The lowest BCUT2D eigenvalue weighted by atomic mass is 10.0. The SMILES string of the molecule is N[C@@H](CC(=O)N1CCn2c(nnc2C(F)(F)F)C1)Cc1cc(F)c(F)cc1F.O=S(=O)(O)c1ccccc1. The minimum absolute atomic E-state index is 0.000783. The number of benzene rings is 2. The Morgan fingerprint density at radius 2 is 1.66 bits per heavy atom. The molecule has 0 aliphatic carbocycles. The molecule has 0 saturated heterocycles. The molecule has 0 radical (unpaired) electrons. The molecule has 0 saturated carbocycles. The van der Waals surface area contributed by atoms with Crippen LogP contribution in [-0.2, 0) is 40.6 Å². The molecule has 1 amide bonds. The molecule has 0 unspecified atom stereocenters. The maximum Gasteiger partial charge on any atom is 0.451 e. The van der Waals surface area contributed by atoms with Crippen LogP contribution in [0.15, 0.2) is 47.4 Å². The van der Waals surface area contributed by atoms with E-state index in [0.29, 0.717) is 12.1 Å². The number of carbonyl (C=O) groups excluding carboxylic acids is 1. The molecular formula is C22H21F6N5O4S. The molecule has 1 aliphatic rings. The van der Waals surface area contributed by atoms with Gasteiger partial charge in [0.25, 0.3) is 10.1 Å². The molecule has 2 heterocycles. The second-order valence-electron chi connectivity index (χ2n) is 8.22. The van der Waals surface area contributed by atoms with Crippen LogP contribution in [0, 0.1) is 17.5 Å². The molecule has 9 nitrogen and oxygen atoms in total. The van der Waals surface area contributed by atoms with Gasteiger partial charge in [0.2, 0.25) is 11.7 Å². The van der Waals surface area contributed by atoms with E-state index in [9.17, 15) is 39.6 Å². The highest BCUT2D eigenvalue weighted by atomic mass is 32.2. The zero-order chi connectivity index (χ0) is 28.3. The third-order valence-electron chi connectivity index (χ3n) is 5.41. The Morgan fingerprint density at radius 1 is 1.03 bits per heavy atom. The van der Waals surface area contributed by atoms with Crippen molar-refractivity contribution in [1.82, 2.24) is 19.7 Å². The minimum Gasteiger partial charge on any atom is -0.333 e. The van der Waals surface area contributed by atoms with Crippen molar-refractivity contribution in [3.05, 3.63) is 77.1 Å². The molecule has 0 spiro atoms. The minimum atomic E-state index is -4.64. The molecule has 0 bridgehead atoms. The maximum absolute atomic E-state index is 13.7. The first-order chi connectivity index (χ1) is 17.7. The average molecular weight is 565 g/mol. The van der Waals surface area contributed by atoms with Crippen molar-refractivity contribution < 1.29 is 44.1 Å². The first kappa shape index (κ1) is 29.1. The van der Waals surface area contributed by atoms with Crippen molar-refractivity contribution in [2.24, 2.45) is 5.73 Å². The van der Waals surface area contributed by atoms with E-state index < -0.39 is 51.5 Å². The zero-order valence-electron chi connectivity index (χ0n) is 19.4. The van der Waals surface area contributed by atoms with Gasteiger partial charge in [-0.25, -0.2) is 13.2 Å². The van der Waals surface area contributed by atoms with Crippen LogP contribution >= 0.6 is 0 Å². The Labute approximate surface area is 212 Å². The lowest BCUT2D eigenvalue weighted by Gasteiger charge is -2.29. The van der Waals surface area contributed by atoms with E-state index in [1.165, 1.54) is 17.0 Å². The highest BCUT2D eigenvalue weighted by molar-refractivity contribution is 7.85. The highest BCUT2D eigenvalue weighted by Crippen LogP contribution is 2.29. The smallest absolute Gasteiger partial charge is 0.333 e. The first-order valence-electron chi connectivity index (χ1n) is 10.9. The van der Waals surface area contributed by atoms with E-state index >= 15 is 0 Å². The number of alkyl halides is 3. The number of aromatic nitrogens is 3. The average Bonchev–Trinajstić information content (AvgIpc) is 3.27. The quantitative estimate of drug-likeness (QED) is 0.276. The van der Waals surface area contributed by atoms with Gasteiger partial charge in [0, 0.05) is 31.6 Å². The zero-order valence-corrected chi connectivity index (χ0v) is 20.2. The van der Waals surface area contributed by atoms with E-state index in [1.807, 2.05) is 0 Å². The monoisotopic (exact) mass is 565 g/mol. The molecule has 0 fully saturated rings. The van der Waals surface area contributed by atoms with E-state index in [4.69, 9.17) is 10.3 Å². The number of hydrogen-bond donors (Lipinski definition) is 2. The number of rotatable bonds is 5. The second-order valence-corrected chi connectivity index (χ2v) is 9.64. The van der Waals surface area contributed by atoms with Crippen LogP contribution in [0.1, 0.15) is 23.6 Å². The predicted octanol–water partition coefficient (Wildman–Crippen LogP) is 2.95. The van der Waals surface area contributed by atoms with Crippen molar-refractivity contribution in [3.63, 3.8) is 0 Å². The Balaban J connectivity index is 0.000000336. The van der Waals surface area contributed by atoms with Crippen LogP contribution in [0.5, 0.6) is 0 Å². The molecule has 2 aromatic carbocycles. The van der Waals surface area contributed by atoms with Crippen LogP contribution in [0.4, 0.5) is 26.3 Å². The normalized spacial score (nSPS) is 14.4. The molecule has 38 heavy (non-hydrogen) atoms. The number of fused-ring (bicyclic) bond motifs is 1. The molecule has 1 aliphatic heterocycles. The van der Waals surface area contributed by atoms with Crippen molar-refractivity contribution in [1.29, 1.82) is 0 Å². The van der Waals surface area contributed by atoms with Crippen LogP contribution < -0.4 is 5.73 Å². The summed E-state index contributed by atoms with van der Waals surface area (Å²) >= 11 is 0. The summed E-state index contributed by atoms with van der Waals surface area (Å²) in [5.74, 6) is -5.15. The van der Waals surface area contributed by atoms with Gasteiger partial charge >= 0.3 is 6.18 Å². The van der Waals surface area contributed by atoms with Gasteiger partial charge in [0.05, 0.1) is 11.4 Å². The summed E-state index contributed by atoms with van der Waals surface area (Å²) in [7, 11) is -4.00. The number of nitrogens with zero attached hydrogens (tertiary/aromatic N) is 4. The fraction of sp³-hybridized carbons (Fsp3) is 0.318. The highest BCUT2D eigenvalue weighted by Gasteiger charge is 2.40. The summed E-state index contributed by atoms with van der Waals surface area (Å²) < 4.78 is 108. The van der Waals surface area contributed by atoms with Crippen molar-refractivity contribution in [2.45, 2.75) is 43.0 Å². The van der Waals surface area contributed by atoms with E-state index in [2.05, 4.69) is 10.2 Å². The largest absolute Gasteiger partial charge is 0.451 e. The van der Waals surface area contributed by atoms with Gasteiger partial charge in [-0.2, -0.15) is 21.6 Å². The molecule has 4 rings (SSSR count). The van der Waals surface area contributed by atoms with Gasteiger partial charge in [0.1, 0.15) is 5.82 Å². The molecule has 1 aromatic heterocycles. The Kier molecular flexibility index (Phi) is 8.79. The Morgan fingerprint density at radius 3 is 2.24 bits per heavy atom.